The molecule has 2 N–H and O–H groups in total. The Balaban J connectivity index is 2.11. The van der Waals surface area contributed by atoms with Crippen LogP contribution in [0.15, 0.2) is 12.1 Å². The Bertz CT molecular complexity index is 519. The third-order valence-corrected chi connectivity index (χ3v) is 4.01. The molecule has 0 radical (unpaired) electrons. The van der Waals surface area contributed by atoms with Crippen molar-refractivity contribution in [2.75, 3.05) is 5.32 Å². The van der Waals surface area contributed by atoms with Crippen LogP contribution in [-0.2, 0) is 0 Å². The molecule has 0 aliphatic heterocycles. The fourth-order valence-corrected chi connectivity index (χ4v) is 2.59. The van der Waals surface area contributed by atoms with Crippen molar-refractivity contribution in [1.82, 2.24) is 0 Å². The van der Waals surface area contributed by atoms with Crippen LogP contribution in [0.5, 0.6) is 0 Å². The molecule has 0 unspecified atom stereocenters. The Morgan fingerprint density at radius 3 is 2.40 bits per heavy atom. The van der Waals surface area contributed by atoms with Crippen LogP contribution < -0.4 is 5.32 Å². The first-order chi connectivity index (χ1) is 9.30. The quantitative estimate of drug-likeness (QED) is 0.880. The largest absolute Gasteiger partial charge is 0.478 e. The van der Waals surface area contributed by atoms with Gasteiger partial charge in [0.15, 0.2) is 11.6 Å². The van der Waals surface area contributed by atoms with Gasteiger partial charge < -0.3 is 10.4 Å². The fourth-order valence-electron chi connectivity index (χ4n) is 2.59. The Labute approximate surface area is 117 Å². The van der Waals surface area contributed by atoms with Crippen molar-refractivity contribution in [3.05, 3.63) is 29.3 Å². The van der Waals surface area contributed by atoms with Gasteiger partial charge in [-0.05, 0) is 43.2 Å². The van der Waals surface area contributed by atoms with Crippen LogP contribution in [0.3, 0.4) is 0 Å². The van der Waals surface area contributed by atoms with E-state index in [0.717, 1.165) is 31.7 Å². The van der Waals surface area contributed by atoms with Gasteiger partial charge in [-0.3, -0.25) is 0 Å². The number of carboxylic acids is 1. The fraction of sp³-hybridized carbons (Fsp3) is 0.533. The summed E-state index contributed by atoms with van der Waals surface area (Å²) in [4.78, 5) is 10.7. The van der Waals surface area contributed by atoms with Crippen molar-refractivity contribution in [3.8, 4) is 0 Å². The molecule has 5 heteroatoms. The van der Waals surface area contributed by atoms with Crippen LogP contribution in [0.25, 0.3) is 0 Å². The van der Waals surface area contributed by atoms with Gasteiger partial charge in [0.25, 0.3) is 0 Å². The molecule has 0 atom stereocenters. The molecule has 0 amide bonds. The van der Waals surface area contributed by atoms with Gasteiger partial charge in [0.1, 0.15) is 0 Å². The number of nitrogens with one attached hydrogen (secondary N) is 1. The van der Waals surface area contributed by atoms with Gasteiger partial charge in [0, 0.05) is 6.04 Å². The summed E-state index contributed by atoms with van der Waals surface area (Å²) in [5.74, 6) is -3.89. The number of hydrogen-bond acceptors (Lipinski definition) is 2. The Kier molecular flexibility index (Phi) is 3.97. The summed E-state index contributed by atoms with van der Waals surface area (Å²) in [5, 5.41) is 11.7. The number of rotatable bonds is 3. The van der Waals surface area contributed by atoms with E-state index < -0.39 is 23.2 Å². The predicted molar refractivity (Wildman–Crippen MR) is 73.0 cm³/mol. The molecule has 1 saturated carbocycles. The van der Waals surface area contributed by atoms with Crippen LogP contribution >= 0.6 is 0 Å². The minimum atomic E-state index is -1.47. The summed E-state index contributed by atoms with van der Waals surface area (Å²) in [5.41, 5.74) is -0.301. The normalized spacial score (nSPS) is 18.8. The number of halogens is 2. The monoisotopic (exact) mass is 283 g/mol. The van der Waals surface area contributed by atoms with Crippen molar-refractivity contribution in [2.45, 2.75) is 45.6 Å². The maximum atomic E-state index is 13.8. The average molecular weight is 283 g/mol. The SMILES string of the molecule is CC1(C)CCC(Nc2ccc(C(=O)O)c(F)c2F)CC1. The molecule has 1 aromatic carbocycles. The first-order valence-electron chi connectivity index (χ1n) is 6.78. The topological polar surface area (TPSA) is 49.3 Å². The first-order valence-corrected chi connectivity index (χ1v) is 6.78. The lowest BCUT2D eigenvalue weighted by molar-refractivity contribution is 0.0690. The highest BCUT2D eigenvalue weighted by Gasteiger charge is 2.27. The van der Waals surface area contributed by atoms with Gasteiger partial charge >= 0.3 is 5.97 Å². The molecule has 0 bridgehead atoms. The smallest absolute Gasteiger partial charge is 0.338 e. The highest BCUT2D eigenvalue weighted by atomic mass is 19.2. The maximum absolute atomic E-state index is 13.8. The Hall–Kier alpha value is -1.65. The second-order valence-corrected chi connectivity index (χ2v) is 6.18. The third-order valence-electron chi connectivity index (χ3n) is 4.01. The molecule has 0 heterocycles. The number of benzene rings is 1. The van der Waals surface area contributed by atoms with Crippen molar-refractivity contribution in [1.29, 1.82) is 0 Å². The molecule has 0 saturated heterocycles. The molecule has 3 nitrogen and oxygen atoms in total. The molecule has 2 rings (SSSR count). The molecule has 1 fully saturated rings. The second-order valence-electron chi connectivity index (χ2n) is 6.18. The van der Waals surface area contributed by atoms with Crippen LogP contribution in [-0.4, -0.2) is 17.1 Å². The lowest BCUT2D eigenvalue weighted by Crippen LogP contribution is -2.30. The third kappa shape index (κ3) is 3.08. The highest BCUT2D eigenvalue weighted by molar-refractivity contribution is 5.88. The zero-order valence-electron chi connectivity index (χ0n) is 11.7. The van der Waals surface area contributed by atoms with E-state index in [2.05, 4.69) is 19.2 Å². The van der Waals surface area contributed by atoms with Gasteiger partial charge in [0.2, 0.25) is 0 Å². The molecule has 1 aliphatic rings. The van der Waals surface area contributed by atoms with E-state index in [0.29, 0.717) is 5.41 Å². The average Bonchev–Trinajstić information content (AvgIpc) is 2.37. The van der Waals surface area contributed by atoms with Gasteiger partial charge in [-0.2, -0.15) is 0 Å². The summed E-state index contributed by atoms with van der Waals surface area (Å²) in [7, 11) is 0. The van der Waals surface area contributed by atoms with Crippen molar-refractivity contribution < 1.29 is 18.7 Å². The molecule has 1 aliphatic carbocycles. The molecule has 1 aromatic rings. The minimum absolute atomic E-state index is 0.0391. The lowest BCUT2D eigenvalue weighted by Gasteiger charge is -2.35. The van der Waals surface area contributed by atoms with Crippen molar-refractivity contribution >= 4 is 11.7 Å². The highest BCUT2D eigenvalue weighted by Crippen LogP contribution is 2.36. The standard InChI is InChI=1S/C15H19F2NO2/c1-15(2)7-5-9(6-8-15)18-11-4-3-10(14(19)20)12(16)13(11)17/h3-4,9,18H,5-8H2,1-2H3,(H,19,20). The molecule has 0 aromatic heterocycles. The van der Waals surface area contributed by atoms with E-state index in [1.807, 2.05) is 0 Å². The van der Waals surface area contributed by atoms with E-state index in [4.69, 9.17) is 5.11 Å². The number of carbonyl (C=O) groups is 1. The molecule has 20 heavy (non-hydrogen) atoms. The van der Waals surface area contributed by atoms with Crippen LogP contribution in [0.1, 0.15) is 49.9 Å². The Morgan fingerprint density at radius 1 is 1.25 bits per heavy atom. The molecule has 0 spiro atoms. The van der Waals surface area contributed by atoms with Gasteiger partial charge in [-0.1, -0.05) is 13.8 Å². The number of anilines is 1. The molecule has 110 valence electrons. The summed E-state index contributed by atoms with van der Waals surface area (Å²) in [6.45, 7) is 4.40. The predicted octanol–water partition coefficient (Wildman–Crippen LogP) is 4.04. The van der Waals surface area contributed by atoms with Crippen LogP contribution in [0, 0.1) is 17.0 Å². The van der Waals surface area contributed by atoms with E-state index in [1.165, 1.54) is 6.07 Å². The lowest BCUT2D eigenvalue weighted by atomic mass is 9.75. The van der Waals surface area contributed by atoms with E-state index in [9.17, 15) is 13.6 Å². The number of carboxylic acid groups (broad SMARTS) is 1. The maximum Gasteiger partial charge on any atom is 0.338 e. The number of hydrogen-bond donors (Lipinski definition) is 2. The van der Waals surface area contributed by atoms with Crippen molar-refractivity contribution in [2.24, 2.45) is 5.41 Å². The Morgan fingerprint density at radius 2 is 1.85 bits per heavy atom. The molecular weight excluding hydrogens is 264 g/mol. The van der Waals surface area contributed by atoms with Gasteiger partial charge in [0.05, 0.1) is 11.3 Å². The second kappa shape index (κ2) is 5.38. The summed E-state index contributed by atoms with van der Waals surface area (Å²) < 4.78 is 27.4. The van der Waals surface area contributed by atoms with Gasteiger partial charge in [-0.15, -0.1) is 0 Å². The molecular formula is C15H19F2NO2. The van der Waals surface area contributed by atoms with Gasteiger partial charge in [-0.25, -0.2) is 13.6 Å². The minimum Gasteiger partial charge on any atom is -0.478 e. The van der Waals surface area contributed by atoms with Crippen LogP contribution in [0.2, 0.25) is 0 Å². The first kappa shape index (κ1) is 14.8. The number of aromatic carboxylic acids is 1. The zero-order valence-corrected chi connectivity index (χ0v) is 11.7. The summed E-state index contributed by atoms with van der Waals surface area (Å²) in [6, 6.07) is 2.49. The van der Waals surface area contributed by atoms with E-state index in [-0.39, 0.29) is 11.7 Å². The van der Waals surface area contributed by atoms with E-state index >= 15 is 0 Å². The van der Waals surface area contributed by atoms with E-state index in [1.54, 1.807) is 0 Å². The zero-order chi connectivity index (χ0) is 14.9. The summed E-state index contributed by atoms with van der Waals surface area (Å²) >= 11 is 0. The van der Waals surface area contributed by atoms with Crippen molar-refractivity contribution in [3.63, 3.8) is 0 Å². The summed E-state index contributed by atoms with van der Waals surface area (Å²) in [6.07, 6.45) is 3.85. The van der Waals surface area contributed by atoms with Crippen LogP contribution in [0.4, 0.5) is 14.5 Å².